The molecule has 0 bridgehead atoms. The largest absolute Gasteiger partial charge is 0.331 e. The van der Waals surface area contributed by atoms with Crippen LogP contribution in [0.2, 0.25) is 0 Å². The highest BCUT2D eigenvalue weighted by Crippen LogP contribution is 2.33. The maximum absolute atomic E-state index is 4.70. The molecule has 0 unspecified atom stereocenters. The molecule has 0 radical (unpaired) electrons. The molecule has 3 aromatic rings. The highest BCUT2D eigenvalue weighted by atomic mass is 79.9. The lowest BCUT2D eigenvalue weighted by Crippen LogP contribution is -1.90. The van der Waals surface area contributed by atoms with Crippen LogP contribution in [-0.4, -0.2) is 4.98 Å². The van der Waals surface area contributed by atoms with E-state index in [4.69, 9.17) is 4.98 Å². The molecular weight excluding hydrogens is 368 g/mol. The average molecular weight is 382 g/mol. The Labute approximate surface area is 142 Å². The number of anilines is 2. The van der Waals surface area contributed by atoms with E-state index in [9.17, 15) is 0 Å². The van der Waals surface area contributed by atoms with Crippen LogP contribution in [0.5, 0.6) is 0 Å². The van der Waals surface area contributed by atoms with E-state index in [1.807, 2.05) is 42.5 Å². The molecule has 0 aliphatic carbocycles. The molecule has 0 saturated carbocycles. The summed E-state index contributed by atoms with van der Waals surface area (Å²) in [6, 6.07) is 18.3. The van der Waals surface area contributed by atoms with Crippen molar-refractivity contribution in [1.82, 2.24) is 4.98 Å². The number of nitrogens with zero attached hydrogens (tertiary/aromatic N) is 1. The van der Waals surface area contributed by atoms with Gasteiger partial charge in [0.05, 0.1) is 11.4 Å². The summed E-state index contributed by atoms with van der Waals surface area (Å²) in [6.07, 6.45) is 0. The summed E-state index contributed by atoms with van der Waals surface area (Å²) in [5.74, 6) is 0. The fourth-order valence-corrected chi connectivity index (χ4v) is 3.22. The topological polar surface area (TPSA) is 24.9 Å². The van der Waals surface area contributed by atoms with Crippen LogP contribution in [0.4, 0.5) is 10.8 Å². The zero-order chi connectivity index (χ0) is 13.9. The zero-order valence-electron chi connectivity index (χ0n) is 11.3. The molecule has 108 valence electrons. The lowest BCUT2D eigenvalue weighted by Gasteiger charge is -2.04. The first-order valence-electron chi connectivity index (χ1n) is 6.28. The van der Waals surface area contributed by atoms with Crippen LogP contribution >= 0.6 is 39.7 Å². The van der Waals surface area contributed by atoms with Crippen molar-refractivity contribution in [3.63, 3.8) is 0 Å². The lowest BCUT2D eigenvalue weighted by atomic mass is 10.1. The van der Waals surface area contributed by atoms with Crippen molar-refractivity contribution in [2.45, 2.75) is 6.92 Å². The predicted molar refractivity (Wildman–Crippen MR) is 97.0 cm³/mol. The number of hydrogen-bond donors (Lipinski definition) is 1. The molecule has 0 amide bonds. The van der Waals surface area contributed by atoms with Gasteiger partial charge in [-0.25, -0.2) is 4.98 Å². The van der Waals surface area contributed by atoms with E-state index in [1.54, 1.807) is 11.3 Å². The Morgan fingerprint density at radius 2 is 1.67 bits per heavy atom. The van der Waals surface area contributed by atoms with Gasteiger partial charge >= 0.3 is 0 Å². The summed E-state index contributed by atoms with van der Waals surface area (Å²) in [7, 11) is 0. The number of nitrogens with one attached hydrogen (secondary N) is 1. The third-order valence-corrected chi connectivity index (χ3v) is 4.54. The number of benzene rings is 2. The summed E-state index contributed by atoms with van der Waals surface area (Å²) < 4.78 is 1.04. The average Bonchev–Trinajstić information content (AvgIpc) is 2.83. The quantitative estimate of drug-likeness (QED) is 0.597. The molecule has 0 spiro atoms. The molecule has 0 atom stereocenters. The standard InChI is InChI=1S/C16H13BrN2S.ClH/c1-11-15(12-7-3-2-4-8-12)19-16(20-11)18-14-10-6-5-9-13(14)17;/h2-10H,1H3,(H,18,19);1H. The van der Waals surface area contributed by atoms with Crippen molar-refractivity contribution in [3.05, 3.63) is 63.9 Å². The van der Waals surface area contributed by atoms with Gasteiger partial charge < -0.3 is 5.32 Å². The summed E-state index contributed by atoms with van der Waals surface area (Å²) >= 11 is 5.21. The van der Waals surface area contributed by atoms with Crippen molar-refractivity contribution < 1.29 is 0 Å². The van der Waals surface area contributed by atoms with Crippen LogP contribution in [0, 0.1) is 6.92 Å². The number of rotatable bonds is 3. The second kappa shape index (κ2) is 7.07. The van der Waals surface area contributed by atoms with Gasteiger partial charge in [-0.1, -0.05) is 42.5 Å². The second-order valence-corrected chi connectivity index (χ2v) is 6.45. The molecule has 0 aliphatic rings. The van der Waals surface area contributed by atoms with Crippen LogP contribution in [0.15, 0.2) is 59.1 Å². The van der Waals surface area contributed by atoms with E-state index >= 15 is 0 Å². The molecule has 2 nitrogen and oxygen atoms in total. The van der Waals surface area contributed by atoms with Gasteiger partial charge in [0.2, 0.25) is 0 Å². The van der Waals surface area contributed by atoms with E-state index < -0.39 is 0 Å². The van der Waals surface area contributed by atoms with Gasteiger partial charge in [-0.3, -0.25) is 0 Å². The number of hydrogen-bond acceptors (Lipinski definition) is 3. The molecule has 3 rings (SSSR count). The van der Waals surface area contributed by atoms with Gasteiger partial charge in [0, 0.05) is 14.9 Å². The molecule has 2 aromatic carbocycles. The number of halogens is 2. The Hall–Kier alpha value is -1.36. The van der Waals surface area contributed by atoms with Gasteiger partial charge in [-0.15, -0.1) is 23.7 Å². The van der Waals surface area contributed by atoms with Gasteiger partial charge in [-0.05, 0) is 35.0 Å². The van der Waals surface area contributed by atoms with Crippen molar-refractivity contribution in [2.24, 2.45) is 0 Å². The highest BCUT2D eigenvalue weighted by molar-refractivity contribution is 9.10. The number of aryl methyl sites for hydroxylation is 1. The Balaban J connectivity index is 0.00000161. The molecule has 1 N–H and O–H groups in total. The number of thiazole rings is 1. The number of aromatic nitrogens is 1. The van der Waals surface area contributed by atoms with Crippen molar-refractivity contribution in [1.29, 1.82) is 0 Å². The summed E-state index contributed by atoms with van der Waals surface area (Å²) in [5, 5.41) is 4.27. The normalized spacial score (nSPS) is 10.0. The molecule has 0 saturated heterocycles. The van der Waals surface area contributed by atoms with Crippen LogP contribution in [-0.2, 0) is 0 Å². The van der Waals surface area contributed by atoms with E-state index in [0.717, 1.165) is 26.5 Å². The Morgan fingerprint density at radius 3 is 2.38 bits per heavy atom. The second-order valence-electron chi connectivity index (χ2n) is 4.39. The van der Waals surface area contributed by atoms with Crippen LogP contribution in [0.3, 0.4) is 0 Å². The summed E-state index contributed by atoms with van der Waals surface area (Å²) in [6.45, 7) is 2.10. The maximum atomic E-state index is 4.70. The van der Waals surface area contributed by atoms with Crippen molar-refractivity contribution in [3.8, 4) is 11.3 Å². The van der Waals surface area contributed by atoms with Gasteiger partial charge in [0.25, 0.3) is 0 Å². The molecule has 5 heteroatoms. The van der Waals surface area contributed by atoms with Crippen molar-refractivity contribution in [2.75, 3.05) is 5.32 Å². The Kier molecular flexibility index (Phi) is 5.39. The minimum atomic E-state index is 0. The fraction of sp³-hybridized carbons (Fsp3) is 0.0625. The van der Waals surface area contributed by atoms with Crippen LogP contribution < -0.4 is 5.32 Å². The van der Waals surface area contributed by atoms with Crippen LogP contribution in [0.1, 0.15) is 4.88 Å². The smallest absolute Gasteiger partial charge is 0.188 e. The Bertz CT molecular complexity index is 728. The SMILES string of the molecule is Cc1sc(Nc2ccccc2Br)nc1-c1ccccc1.Cl. The minimum absolute atomic E-state index is 0. The fourth-order valence-electron chi connectivity index (χ4n) is 1.99. The molecule has 1 heterocycles. The first kappa shape index (κ1) is 16.0. The maximum Gasteiger partial charge on any atom is 0.188 e. The molecule has 0 aliphatic heterocycles. The van der Waals surface area contributed by atoms with E-state index in [-0.39, 0.29) is 12.4 Å². The lowest BCUT2D eigenvalue weighted by molar-refractivity contribution is 1.35. The highest BCUT2D eigenvalue weighted by Gasteiger charge is 2.10. The predicted octanol–water partition coefficient (Wildman–Crippen LogP) is 6.05. The third kappa shape index (κ3) is 3.64. The van der Waals surface area contributed by atoms with Crippen LogP contribution in [0.25, 0.3) is 11.3 Å². The summed E-state index contributed by atoms with van der Waals surface area (Å²) in [4.78, 5) is 5.92. The third-order valence-electron chi connectivity index (χ3n) is 2.96. The molecule has 1 aromatic heterocycles. The van der Waals surface area contributed by atoms with E-state index in [0.29, 0.717) is 0 Å². The molecule has 21 heavy (non-hydrogen) atoms. The van der Waals surface area contributed by atoms with E-state index in [1.165, 1.54) is 4.88 Å². The monoisotopic (exact) mass is 380 g/mol. The minimum Gasteiger partial charge on any atom is -0.331 e. The first-order valence-corrected chi connectivity index (χ1v) is 7.89. The molecular formula is C16H14BrClN2S. The van der Waals surface area contributed by atoms with Gasteiger partial charge in [0.15, 0.2) is 5.13 Å². The zero-order valence-corrected chi connectivity index (χ0v) is 14.6. The summed E-state index contributed by atoms with van der Waals surface area (Å²) in [5.41, 5.74) is 3.23. The van der Waals surface area contributed by atoms with Gasteiger partial charge in [-0.2, -0.15) is 0 Å². The first-order chi connectivity index (χ1) is 9.74. The number of para-hydroxylation sites is 1. The van der Waals surface area contributed by atoms with E-state index in [2.05, 4.69) is 40.3 Å². The molecule has 0 fully saturated rings. The Morgan fingerprint density at radius 1 is 1.00 bits per heavy atom. The van der Waals surface area contributed by atoms with Crippen molar-refractivity contribution >= 4 is 50.5 Å². The van der Waals surface area contributed by atoms with Gasteiger partial charge in [0.1, 0.15) is 0 Å².